The van der Waals surface area contributed by atoms with Crippen LogP contribution >= 0.6 is 11.3 Å². The highest BCUT2D eigenvalue weighted by Gasteiger charge is 2.27. The van der Waals surface area contributed by atoms with Crippen molar-refractivity contribution in [1.29, 1.82) is 0 Å². The zero-order chi connectivity index (χ0) is 21.7. The van der Waals surface area contributed by atoms with E-state index in [1.54, 1.807) is 13.0 Å². The van der Waals surface area contributed by atoms with E-state index in [1.807, 2.05) is 0 Å². The molecule has 3 heterocycles. The summed E-state index contributed by atoms with van der Waals surface area (Å²) in [4.78, 5) is 42.8. The van der Waals surface area contributed by atoms with Gasteiger partial charge in [-0.15, -0.1) is 10.2 Å². The maximum atomic E-state index is 12.6. The molecule has 1 aliphatic rings. The van der Waals surface area contributed by atoms with Crippen molar-refractivity contribution in [2.75, 3.05) is 23.9 Å². The number of carbonyl (C=O) groups excluding carboxylic acids is 2. The van der Waals surface area contributed by atoms with Gasteiger partial charge in [-0.25, -0.2) is 9.79 Å². The molecule has 3 rings (SSSR count). The number of nitrogens with zero attached hydrogens (tertiary/aromatic N) is 4. The molecule has 2 aromatic heterocycles. The molecule has 160 valence electrons. The smallest absolute Gasteiger partial charge is 0.381 e. The number of nitrogens with one attached hydrogen (secondary N) is 1. The van der Waals surface area contributed by atoms with Crippen molar-refractivity contribution in [2.45, 2.75) is 26.2 Å². The van der Waals surface area contributed by atoms with Crippen LogP contribution in [0.1, 0.15) is 38.2 Å². The average molecular weight is 434 g/mol. The van der Waals surface area contributed by atoms with E-state index in [0.29, 0.717) is 23.8 Å². The molecule has 1 fully saturated rings. The maximum absolute atomic E-state index is 12.6. The van der Waals surface area contributed by atoms with Gasteiger partial charge < -0.3 is 19.8 Å². The van der Waals surface area contributed by atoms with Gasteiger partial charge in [0.05, 0.1) is 12.8 Å². The van der Waals surface area contributed by atoms with E-state index in [9.17, 15) is 14.4 Å². The van der Waals surface area contributed by atoms with E-state index < -0.39 is 11.5 Å². The van der Waals surface area contributed by atoms with Crippen LogP contribution in [0.4, 0.5) is 16.0 Å². The molecular weight excluding hydrogens is 412 g/mol. The molecular formula is C18H22N6O5S. The maximum Gasteiger partial charge on any atom is 0.381 e. The highest BCUT2D eigenvalue weighted by molar-refractivity contribution is 7.18. The fourth-order valence-electron chi connectivity index (χ4n) is 2.83. The number of aliphatic imine (C=N–C) groups is 1. The highest BCUT2D eigenvalue weighted by atomic mass is 32.1. The summed E-state index contributed by atoms with van der Waals surface area (Å²) in [6, 6.07) is 1.31. The molecule has 1 aliphatic heterocycles. The summed E-state index contributed by atoms with van der Waals surface area (Å²) in [5.41, 5.74) is 5.27. The quantitative estimate of drug-likeness (QED) is 0.655. The lowest BCUT2D eigenvalue weighted by Crippen LogP contribution is -2.36. The Bertz CT molecular complexity index is 1080. The Balaban J connectivity index is 0.00000341. The minimum absolute atomic E-state index is 0. The normalized spacial score (nSPS) is 14.9. The molecule has 1 saturated heterocycles. The minimum atomic E-state index is -0.856. The second kappa shape index (κ2) is 9.31. The molecule has 0 atom stereocenters. The van der Waals surface area contributed by atoms with Gasteiger partial charge in [-0.2, -0.15) is 0 Å². The molecule has 2 aromatic rings. The fraction of sp³-hybridized carbons (Fsp3) is 0.333. The first-order valence-corrected chi connectivity index (χ1v) is 9.85. The van der Waals surface area contributed by atoms with Crippen LogP contribution in [-0.4, -0.2) is 41.4 Å². The topological polar surface area (TPSA) is 153 Å². The zero-order valence-electron chi connectivity index (χ0n) is 16.4. The Hall–Kier alpha value is -3.54. The summed E-state index contributed by atoms with van der Waals surface area (Å²) in [6.07, 6.45) is 4.85. The number of ether oxygens (including phenoxy) is 1. The lowest BCUT2D eigenvalue weighted by Gasteiger charge is -2.27. The van der Waals surface area contributed by atoms with Gasteiger partial charge in [-0.3, -0.25) is 14.9 Å². The lowest BCUT2D eigenvalue weighted by molar-refractivity contribution is -0.119. The first-order valence-electron chi connectivity index (χ1n) is 9.04. The summed E-state index contributed by atoms with van der Waals surface area (Å²) in [7, 11) is 1.30. The Morgan fingerprint density at radius 2 is 2.23 bits per heavy atom. The molecule has 0 radical (unpaired) electrons. The van der Waals surface area contributed by atoms with Crippen molar-refractivity contribution in [3.63, 3.8) is 0 Å². The molecule has 0 aliphatic carbocycles. The van der Waals surface area contributed by atoms with Crippen LogP contribution in [0.2, 0.25) is 0 Å². The Morgan fingerprint density at radius 1 is 1.43 bits per heavy atom. The molecule has 11 nitrogen and oxygen atoms in total. The monoisotopic (exact) mass is 434 g/mol. The first kappa shape index (κ1) is 21.2. The van der Waals surface area contributed by atoms with Crippen molar-refractivity contribution in [3.05, 3.63) is 34.5 Å². The van der Waals surface area contributed by atoms with Crippen LogP contribution in [0.15, 0.2) is 32.5 Å². The lowest BCUT2D eigenvalue weighted by atomic mass is 10.1. The summed E-state index contributed by atoms with van der Waals surface area (Å²) in [5, 5.41) is 10.7. The van der Waals surface area contributed by atoms with E-state index in [0.717, 1.165) is 24.2 Å². The number of hydrogen-bond donors (Lipinski definition) is 2. The van der Waals surface area contributed by atoms with E-state index in [-0.39, 0.29) is 29.7 Å². The van der Waals surface area contributed by atoms with Crippen molar-refractivity contribution < 1.29 is 20.2 Å². The number of hydrogen-bond acceptors (Lipinski definition) is 10. The summed E-state index contributed by atoms with van der Waals surface area (Å²) in [5.74, 6) is -1.27. The van der Waals surface area contributed by atoms with Gasteiger partial charge >= 0.3 is 5.63 Å². The van der Waals surface area contributed by atoms with Crippen LogP contribution in [0, 0.1) is 0 Å². The molecule has 0 saturated carbocycles. The summed E-state index contributed by atoms with van der Waals surface area (Å²) < 4.78 is 10.2. The van der Waals surface area contributed by atoms with E-state index in [2.05, 4.69) is 20.5 Å². The minimum Gasteiger partial charge on any atom is -0.488 e. The average Bonchev–Trinajstić information content (AvgIpc) is 3.14. The zero-order valence-corrected chi connectivity index (χ0v) is 17.2. The van der Waals surface area contributed by atoms with Gasteiger partial charge in [-0.1, -0.05) is 11.3 Å². The highest BCUT2D eigenvalue weighted by Crippen LogP contribution is 2.30. The van der Waals surface area contributed by atoms with Crippen molar-refractivity contribution in [2.24, 2.45) is 10.7 Å². The third kappa shape index (κ3) is 4.71. The van der Waals surface area contributed by atoms with Crippen LogP contribution in [-0.2, 0) is 4.79 Å². The summed E-state index contributed by atoms with van der Waals surface area (Å²) >= 11 is 1.03. The van der Waals surface area contributed by atoms with Gasteiger partial charge in [0, 0.05) is 26.2 Å². The predicted octanol–water partition coefficient (Wildman–Crippen LogP) is 2.08. The molecule has 2 amide bonds. The summed E-state index contributed by atoms with van der Waals surface area (Å²) in [6.45, 7) is 2.16. The number of aromatic nitrogens is 2. The Labute approximate surface area is 176 Å². The van der Waals surface area contributed by atoms with Gasteiger partial charge in [0.25, 0.3) is 5.91 Å². The SMILES string of the molecule is COc1c(N2CCCCC2=O)cc(C(=O)Nc2nnc(/N=C(C)/C=C\N)s2)oc1=O.[HH]. The largest absolute Gasteiger partial charge is 0.488 e. The standard InChI is InChI=1S/C18H20N6O5S.H2/c1-10(6-7-19)20-17-22-23-18(30-17)21-15(26)12-9-11(14(28-2)16(27)29-12)24-8-4-3-5-13(24)25;/h6-7,9H,3-5,8,19H2,1-2H3,(H,21,23,26);1H/b7-6-,20-10+;. The van der Waals surface area contributed by atoms with Gasteiger partial charge in [-0.05, 0) is 32.0 Å². The van der Waals surface area contributed by atoms with E-state index in [1.165, 1.54) is 24.3 Å². The van der Waals surface area contributed by atoms with Crippen molar-refractivity contribution in [1.82, 2.24) is 10.2 Å². The number of anilines is 2. The van der Waals surface area contributed by atoms with E-state index in [4.69, 9.17) is 14.9 Å². The number of amides is 2. The van der Waals surface area contributed by atoms with Crippen LogP contribution < -0.4 is 26.3 Å². The molecule has 0 spiro atoms. The molecule has 12 heteroatoms. The van der Waals surface area contributed by atoms with Gasteiger partial charge in [0.1, 0.15) is 0 Å². The number of nitrogens with two attached hydrogens (primary N) is 1. The Morgan fingerprint density at radius 3 is 2.93 bits per heavy atom. The second-order valence-electron chi connectivity index (χ2n) is 6.28. The first-order chi connectivity index (χ1) is 14.4. The van der Waals surface area contributed by atoms with Crippen LogP contribution in [0.5, 0.6) is 5.75 Å². The number of rotatable bonds is 6. The van der Waals surface area contributed by atoms with Gasteiger partial charge in [0.2, 0.25) is 21.9 Å². The Kier molecular flexibility index (Phi) is 6.57. The second-order valence-corrected chi connectivity index (χ2v) is 7.23. The molecule has 0 unspecified atom stereocenters. The fourth-order valence-corrected chi connectivity index (χ4v) is 3.50. The molecule has 30 heavy (non-hydrogen) atoms. The van der Waals surface area contributed by atoms with Gasteiger partial charge in [0.15, 0.2) is 5.76 Å². The number of allylic oxidation sites excluding steroid dienone is 1. The number of methoxy groups -OCH3 is 1. The van der Waals surface area contributed by atoms with E-state index >= 15 is 0 Å². The number of piperidine rings is 1. The third-order valence-electron chi connectivity index (χ3n) is 4.17. The number of carbonyl (C=O) groups is 2. The van der Waals surface area contributed by atoms with Crippen molar-refractivity contribution in [3.8, 4) is 5.75 Å². The molecule has 0 bridgehead atoms. The molecule has 0 aromatic carbocycles. The predicted molar refractivity (Wildman–Crippen MR) is 114 cm³/mol. The molecule has 3 N–H and O–H groups in total. The third-order valence-corrected chi connectivity index (χ3v) is 4.91. The van der Waals surface area contributed by atoms with Crippen LogP contribution in [0.3, 0.4) is 0 Å². The van der Waals surface area contributed by atoms with Crippen molar-refractivity contribution >= 4 is 44.8 Å². The van der Waals surface area contributed by atoms with Crippen LogP contribution in [0.25, 0.3) is 0 Å².